The number of hydrogen-bond donors (Lipinski definition) is 7. The van der Waals surface area contributed by atoms with Crippen molar-refractivity contribution in [1.29, 1.82) is 0 Å². The van der Waals surface area contributed by atoms with Crippen molar-refractivity contribution in [3.05, 3.63) is 53.1 Å². The van der Waals surface area contributed by atoms with E-state index in [1.807, 2.05) is 31.2 Å². The monoisotopic (exact) mass is 491 g/mol. The lowest BCUT2D eigenvalue weighted by atomic mass is 9.98. The van der Waals surface area contributed by atoms with Crippen molar-refractivity contribution in [2.45, 2.75) is 50.5 Å². The van der Waals surface area contributed by atoms with Crippen molar-refractivity contribution in [2.24, 2.45) is 16.5 Å². The van der Waals surface area contributed by atoms with Gasteiger partial charge in [0.25, 0.3) is 0 Å². The molecule has 0 saturated carbocycles. The number of nitrogens with zero attached hydrogens (tertiary/aromatic N) is 1. The zero-order chi connectivity index (χ0) is 25.5. The molecule has 0 aliphatic carbocycles. The van der Waals surface area contributed by atoms with Gasteiger partial charge >= 0.3 is 0 Å². The fourth-order valence-corrected chi connectivity index (χ4v) is 3.76. The van der Waals surface area contributed by atoms with Crippen LogP contribution in [0.25, 0.3) is 0 Å². The van der Waals surface area contributed by atoms with Crippen molar-refractivity contribution in [1.82, 2.24) is 0 Å². The quantitative estimate of drug-likeness (QED) is 0.130. The highest BCUT2D eigenvalue weighted by molar-refractivity contribution is 5.75. The molecule has 5 atom stereocenters. The number of aromatic hydroxyl groups is 1. The number of aryl methyl sites for hydroxylation is 1. The predicted octanol–water partition coefficient (Wildman–Crippen LogP) is -0.488. The van der Waals surface area contributed by atoms with Gasteiger partial charge in [-0.2, -0.15) is 0 Å². The molecule has 2 aromatic rings. The standard InChI is InChI=1S/C24H33N3O8/c1-13-9-15(29)11-18(34-23-22(32)21(31)20(30)19(12-28)35-23)17(13)10-14-3-5-16(6-4-14)33-8-2-7-27-24(25)26/h3-6,9,11,19-23,28-32H,2,7-8,10,12H2,1H3,(H4,25,26,27)/t19-,20-,21+,22-,23-/m1/s1. The smallest absolute Gasteiger partial charge is 0.229 e. The van der Waals surface area contributed by atoms with Gasteiger partial charge in [0.2, 0.25) is 6.29 Å². The van der Waals surface area contributed by atoms with Crippen molar-refractivity contribution >= 4 is 5.96 Å². The summed E-state index contributed by atoms with van der Waals surface area (Å²) in [6.45, 7) is 2.19. The Morgan fingerprint density at radius 1 is 1.06 bits per heavy atom. The van der Waals surface area contributed by atoms with Crippen molar-refractivity contribution < 1.29 is 39.7 Å². The maximum absolute atomic E-state index is 10.3. The summed E-state index contributed by atoms with van der Waals surface area (Å²) in [4.78, 5) is 3.90. The second-order valence-corrected chi connectivity index (χ2v) is 8.38. The molecule has 2 aromatic carbocycles. The van der Waals surface area contributed by atoms with Crippen LogP contribution >= 0.6 is 0 Å². The first-order valence-electron chi connectivity index (χ1n) is 11.3. The molecule has 0 aromatic heterocycles. The first-order valence-corrected chi connectivity index (χ1v) is 11.3. The van der Waals surface area contributed by atoms with Crippen molar-refractivity contribution in [3.63, 3.8) is 0 Å². The van der Waals surface area contributed by atoms with E-state index in [-0.39, 0.29) is 17.5 Å². The van der Waals surface area contributed by atoms with E-state index in [0.717, 1.165) is 16.7 Å². The van der Waals surface area contributed by atoms with Crippen LogP contribution in [0.1, 0.15) is 23.1 Å². The van der Waals surface area contributed by atoms with Gasteiger partial charge in [0.05, 0.1) is 13.2 Å². The predicted molar refractivity (Wildman–Crippen MR) is 127 cm³/mol. The summed E-state index contributed by atoms with van der Waals surface area (Å²) in [7, 11) is 0. The molecule has 11 nitrogen and oxygen atoms in total. The summed E-state index contributed by atoms with van der Waals surface area (Å²) in [6.07, 6.45) is -5.99. The minimum atomic E-state index is -1.57. The van der Waals surface area contributed by atoms with Crippen LogP contribution in [0, 0.1) is 6.92 Å². The number of aliphatic hydroxyl groups excluding tert-OH is 4. The summed E-state index contributed by atoms with van der Waals surface area (Å²) in [5.74, 6) is 0.939. The molecular weight excluding hydrogens is 458 g/mol. The number of aliphatic hydroxyl groups is 4. The van der Waals surface area contributed by atoms with E-state index in [4.69, 9.17) is 25.7 Å². The van der Waals surface area contributed by atoms with E-state index >= 15 is 0 Å². The molecule has 0 bridgehead atoms. The molecule has 0 amide bonds. The number of hydrogen-bond acceptors (Lipinski definition) is 9. The SMILES string of the molecule is Cc1cc(O)cc(O[C@@H]2O[C@H](CO)[C@@H](O)[C@H](O)[C@H]2O)c1Cc1ccc(OCCCN=C(N)N)cc1. The Morgan fingerprint density at radius 3 is 2.43 bits per heavy atom. The third-order valence-electron chi connectivity index (χ3n) is 5.68. The molecule has 1 heterocycles. The van der Waals surface area contributed by atoms with Crippen LogP contribution in [0.5, 0.6) is 17.2 Å². The van der Waals surface area contributed by atoms with E-state index in [1.54, 1.807) is 6.07 Å². The largest absolute Gasteiger partial charge is 0.508 e. The number of benzene rings is 2. The lowest BCUT2D eigenvalue weighted by Gasteiger charge is -2.39. The molecule has 192 valence electrons. The maximum Gasteiger partial charge on any atom is 0.229 e. The third kappa shape index (κ3) is 6.96. The van der Waals surface area contributed by atoms with E-state index in [1.165, 1.54) is 6.07 Å². The first kappa shape index (κ1) is 26.5. The Balaban J connectivity index is 1.71. The number of nitrogens with two attached hydrogens (primary N) is 2. The van der Waals surface area contributed by atoms with Gasteiger partial charge in [-0.05, 0) is 36.2 Å². The Kier molecular flexibility index (Phi) is 9.13. The van der Waals surface area contributed by atoms with Crippen LogP contribution < -0.4 is 20.9 Å². The van der Waals surface area contributed by atoms with E-state index in [2.05, 4.69) is 4.99 Å². The number of phenolic OH excluding ortho intramolecular Hbond substituents is 1. The van der Waals surface area contributed by atoms with Crippen LogP contribution in [0.4, 0.5) is 0 Å². The summed E-state index contributed by atoms with van der Waals surface area (Å²) < 4.78 is 17.0. The minimum absolute atomic E-state index is 0.0460. The Bertz CT molecular complexity index is 995. The van der Waals surface area contributed by atoms with Gasteiger partial charge in [0, 0.05) is 31.0 Å². The molecule has 0 spiro atoms. The zero-order valence-electron chi connectivity index (χ0n) is 19.4. The molecule has 3 rings (SSSR count). The Morgan fingerprint density at radius 2 is 1.77 bits per heavy atom. The fraction of sp³-hybridized carbons (Fsp3) is 0.458. The van der Waals surface area contributed by atoms with Gasteiger partial charge in [-0.1, -0.05) is 12.1 Å². The average Bonchev–Trinajstić information content (AvgIpc) is 2.82. The summed E-state index contributed by atoms with van der Waals surface area (Å²) in [6, 6.07) is 10.4. The fourth-order valence-electron chi connectivity index (χ4n) is 3.76. The molecule has 35 heavy (non-hydrogen) atoms. The molecule has 1 aliphatic heterocycles. The van der Waals surface area contributed by atoms with Gasteiger partial charge in [0.15, 0.2) is 5.96 Å². The number of phenols is 1. The number of rotatable bonds is 10. The summed E-state index contributed by atoms with van der Waals surface area (Å²) in [5, 5.41) is 49.9. The second-order valence-electron chi connectivity index (χ2n) is 8.38. The van der Waals surface area contributed by atoms with Gasteiger partial charge < -0.3 is 51.2 Å². The molecule has 11 heteroatoms. The lowest BCUT2D eigenvalue weighted by Crippen LogP contribution is -2.60. The van der Waals surface area contributed by atoms with Crippen LogP contribution in [0.15, 0.2) is 41.4 Å². The normalized spacial score (nSPS) is 24.1. The molecular formula is C24H33N3O8. The van der Waals surface area contributed by atoms with Crippen LogP contribution in [-0.4, -0.2) is 82.0 Å². The maximum atomic E-state index is 10.3. The highest BCUT2D eigenvalue weighted by Gasteiger charge is 2.44. The van der Waals surface area contributed by atoms with Crippen molar-refractivity contribution in [2.75, 3.05) is 19.8 Å². The first-order chi connectivity index (χ1) is 16.7. The second kappa shape index (κ2) is 12.0. The third-order valence-corrected chi connectivity index (χ3v) is 5.68. The van der Waals surface area contributed by atoms with Crippen molar-refractivity contribution in [3.8, 4) is 17.2 Å². The average molecular weight is 492 g/mol. The van der Waals surface area contributed by atoms with Gasteiger partial charge in [0.1, 0.15) is 41.7 Å². The number of aliphatic imine (C=N–C) groups is 1. The highest BCUT2D eigenvalue weighted by Crippen LogP contribution is 2.33. The van der Waals surface area contributed by atoms with Crippen LogP contribution in [0.3, 0.4) is 0 Å². The van der Waals surface area contributed by atoms with Gasteiger partial charge in [-0.25, -0.2) is 0 Å². The van der Waals surface area contributed by atoms with Crippen LogP contribution in [0.2, 0.25) is 0 Å². The molecule has 1 fully saturated rings. The number of guanidine groups is 1. The van der Waals surface area contributed by atoms with Gasteiger partial charge in [-0.15, -0.1) is 0 Å². The molecule has 1 saturated heterocycles. The minimum Gasteiger partial charge on any atom is -0.508 e. The molecule has 0 radical (unpaired) electrons. The Labute approximate surface area is 203 Å². The Hall–Kier alpha value is -3.09. The molecule has 1 aliphatic rings. The number of ether oxygens (including phenoxy) is 3. The highest BCUT2D eigenvalue weighted by atomic mass is 16.7. The lowest BCUT2D eigenvalue weighted by molar-refractivity contribution is -0.277. The van der Waals surface area contributed by atoms with Crippen LogP contribution in [-0.2, 0) is 11.2 Å². The summed E-state index contributed by atoms with van der Waals surface area (Å²) in [5.41, 5.74) is 13.0. The zero-order valence-corrected chi connectivity index (χ0v) is 19.4. The van der Waals surface area contributed by atoms with E-state index in [0.29, 0.717) is 31.7 Å². The molecule has 0 unspecified atom stereocenters. The van der Waals surface area contributed by atoms with E-state index < -0.39 is 37.3 Å². The molecule has 9 N–H and O–H groups in total. The van der Waals surface area contributed by atoms with Gasteiger partial charge in [-0.3, -0.25) is 4.99 Å². The topological polar surface area (TPSA) is 193 Å². The van der Waals surface area contributed by atoms with E-state index in [9.17, 15) is 25.5 Å². The summed E-state index contributed by atoms with van der Waals surface area (Å²) >= 11 is 0.